The van der Waals surface area contributed by atoms with Gasteiger partial charge in [0, 0.05) is 0 Å². The first-order valence-electron chi connectivity index (χ1n) is 8.08. The Morgan fingerprint density at radius 3 is 2.00 bits per heavy atom. The lowest BCUT2D eigenvalue weighted by Crippen LogP contribution is -1.98. The van der Waals surface area contributed by atoms with Crippen LogP contribution in [0, 0.1) is 19.8 Å². The van der Waals surface area contributed by atoms with Gasteiger partial charge in [-0.25, -0.2) is 0 Å². The van der Waals surface area contributed by atoms with Gasteiger partial charge in [-0.3, -0.25) is 0 Å². The molecule has 0 saturated heterocycles. The first-order valence-corrected chi connectivity index (χ1v) is 8.08. The first-order chi connectivity index (χ1) is 8.85. The molecule has 0 amide bonds. The Morgan fingerprint density at radius 1 is 0.778 bits per heavy atom. The van der Waals surface area contributed by atoms with E-state index < -0.39 is 0 Å². The molecule has 0 heterocycles. The normalized spacial score (nSPS) is 13.3. The third-order valence-electron chi connectivity index (χ3n) is 3.71. The van der Waals surface area contributed by atoms with Crippen LogP contribution >= 0.6 is 0 Å². The standard InChI is InChI=1S/C18H34/c1-4-7-9-10-11-12-13-14-15-17-18(6-3)16-8-5-2/h12-13,18H,1-2,4-11,14-17H2,3H3/b13-12+. The van der Waals surface area contributed by atoms with E-state index in [-0.39, 0.29) is 0 Å². The summed E-state index contributed by atoms with van der Waals surface area (Å²) in [7, 11) is 0. The van der Waals surface area contributed by atoms with Crippen LogP contribution in [0.4, 0.5) is 0 Å². The molecule has 18 heavy (non-hydrogen) atoms. The highest BCUT2D eigenvalue weighted by Crippen LogP contribution is 2.19. The third kappa shape index (κ3) is 12.2. The molecule has 0 aromatic heterocycles. The number of hydrogen-bond acceptors (Lipinski definition) is 0. The monoisotopic (exact) mass is 250 g/mol. The van der Waals surface area contributed by atoms with Crippen molar-refractivity contribution in [3.8, 4) is 0 Å². The number of allylic oxidation sites excluding steroid dienone is 2. The molecule has 0 fully saturated rings. The summed E-state index contributed by atoms with van der Waals surface area (Å²) in [5, 5.41) is 0. The molecule has 0 aromatic carbocycles. The van der Waals surface area contributed by atoms with Crippen LogP contribution in [0.5, 0.6) is 0 Å². The maximum atomic E-state index is 3.93. The van der Waals surface area contributed by atoms with E-state index in [1.807, 2.05) is 0 Å². The van der Waals surface area contributed by atoms with Crippen LogP contribution in [0.15, 0.2) is 12.2 Å². The summed E-state index contributed by atoms with van der Waals surface area (Å²) in [5.74, 6) is 0.942. The zero-order valence-electron chi connectivity index (χ0n) is 12.6. The van der Waals surface area contributed by atoms with E-state index in [1.54, 1.807) is 0 Å². The average molecular weight is 250 g/mol. The molecule has 0 aliphatic rings. The molecule has 0 aromatic rings. The van der Waals surface area contributed by atoms with Gasteiger partial charge in [-0.05, 0) is 31.6 Å². The van der Waals surface area contributed by atoms with Crippen molar-refractivity contribution in [3.05, 3.63) is 26.0 Å². The second kappa shape index (κ2) is 14.8. The highest BCUT2D eigenvalue weighted by Gasteiger charge is 2.04. The zero-order valence-corrected chi connectivity index (χ0v) is 12.6. The highest BCUT2D eigenvalue weighted by molar-refractivity contribution is 4.81. The Kier molecular flexibility index (Phi) is 14.6. The highest BCUT2D eigenvalue weighted by atomic mass is 14.1. The predicted molar refractivity (Wildman–Crippen MR) is 84.4 cm³/mol. The van der Waals surface area contributed by atoms with Crippen molar-refractivity contribution in [2.75, 3.05) is 0 Å². The van der Waals surface area contributed by atoms with E-state index >= 15 is 0 Å². The molecule has 0 heteroatoms. The molecule has 1 unspecified atom stereocenters. The molecule has 0 nitrogen and oxygen atoms in total. The molecule has 106 valence electrons. The van der Waals surface area contributed by atoms with Crippen molar-refractivity contribution in [3.63, 3.8) is 0 Å². The van der Waals surface area contributed by atoms with Crippen LogP contribution in [-0.2, 0) is 0 Å². The average Bonchev–Trinajstić information content (AvgIpc) is 2.40. The smallest absolute Gasteiger partial charge is 0.0351 e. The topological polar surface area (TPSA) is 0 Å². The van der Waals surface area contributed by atoms with Crippen molar-refractivity contribution < 1.29 is 0 Å². The van der Waals surface area contributed by atoms with Gasteiger partial charge in [-0.1, -0.05) is 84.3 Å². The Labute approximate surface area is 116 Å². The summed E-state index contributed by atoms with van der Waals surface area (Å²) in [6.45, 7) is 10.1. The SMILES string of the molecule is [CH2]CCCCC/C=C/CCCC(CC)CCC[CH2]. The molecule has 0 spiro atoms. The quantitative estimate of drug-likeness (QED) is 0.257. The summed E-state index contributed by atoms with van der Waals surface area (Å²) in [5.41, 5.74) is 0. The molecule has 0 rings (SSSR count). The van der Waals surface area contributed by atoms with E-state index in [0.29, 0.717) is 0 Å². The fraction of sp³-hybridized carbons (Fsp3) is 0.778. The van der Waals surface area contributed by atoms with Crippen LogP contribution in [-0.4, -0.2) is 0 Å². The molecule has 0 aliphatic carbocycles. The van der Waals surface area contributed by atoms with Crippen molar-refractivity contribution in [2.45, 2.75) is 84.0 Å². The van der Waals surface area contributed by atoms with Gasteiger partial charge in [0.25, 0.3) is 0 Å². The second-order valence-corrected chi connectivity index (χ2v) is 5.38. The van der Waals surface area contributed by atoms with Gasteiger partial charge >= 0.3 is 0 Å². The fourth-order valence-corrected chi connectivity index (χ4v) is 2.36. The van der Waals surface area contributed by atoms with E-state index in [0.717, 1.165) is 18.8 Å². The maximum absolute atomic E-state index is 3.93. The summed E-state index contributed by atoms with van der Waals surface area (Å²) >= 11 is 0. The summed E-state index contributed by atoms with van der Waals surface area (Å²) < 4.78 is 0. The Bertz CT molecular complexity index is 169. The van der Waals surface area contributed by atoms with Gasteiger partial charge in [0.05, 0.1) is 0 Å². The minimum Gasteiger partial charge on any atom is -0.0885 e. The summed E-state index contributed by atoms with van der Waals surface area (Å²) in [6.07, 6.45) is 20.3. The molecular weight excluding hydrogens is 216 g/mol. The van der Waals surface area contributed by atoms with Crippen LogP contribution in [0.2, 0.25) is 0 Å². The Morgan fingerprint density at radius 2 is 1.39 bits per heavy atom. The number of unbranched alkanes of at least 4 members (excludes halogenated alkanes) is 6. The zero-order chi connectivity index (χ0) is 13.5. The molecule has 0 N–H and O–H groups in total. The van der Waals surface area contributed by atoms with Crippen LogP contribution in [0.1, 0.15) is 84.0 Å². The Hall–Kier alpha value is -0.260. The van der Waals surface area contributed by atoms with Gasteiger partial charge in [-0.15, -0.1) is 0 Å². The van der Waals surface area contributed by atoms with Gasteiger partial charge in [0.15, 0.2) is 0 Å². The van der Waals surface area contributed by atoms with Crippen molar-refractivity contribution >= 4 is 0 Å². The van der Waals surface area contributed by atoms with E-state index in [4.69, 9.17) is 0 Å². The molecule has 0 aliphatic heterocycles. The molecule has 0 bridgehead atoms. The van der Waals surface area contributed by atoms with Crippen molar-refractivity contribution in [1.82, 2.24) is 0 Å². The molecule has 0 saturated carbocycles. The number of rotatable bonds is 13. The third-order valence-corrected chi connectivity index (χ3v) is 3.71. The van der Waals surface area contributed by atoms with Crippen molar-refractivity contribution in [2.24, 2.45) is 5.92 Å². The first kappa shape index (κ1) is 17.7. The minimum absolute atomic E-state index is 0.942. The summed E-state index contributed by atoms with van der Waals surface area (Å²) in [6, 6.07) is 0. The van der Waals surface area contributed by atoms with Gasteiger partial charge in [0.2, 0.25) is 0 Å². The summed E-state index contributed by atoms with van der Waals surface area (Å²) in [4.78, 5) is 0. The van der Waals surface area contributed by atoms with Crippen molar-refractivity contribution in [1.29, 1.82) is 0 Å². The molecular formula is C18H34. The lowest BCUT2D eigenvalue weighted by molar-refractivity contribution is 0.414. The van der Waals surface area contributed by atoms with Gasteiger partial charge in [-0.2, -0.15) is 0 Å². The maximum Gasteiger partial charge on any atom is -0.0351 e. The van der Waals surface area contributed by atoms with E-state index in [1.165, 1.54) is 64.2 Å². The van der Waals surface area contributed by atoms with Crippen LogP contribution in [0.25, 0.3) is 0 Å². The van der Waals surface area contributed by atoms with Crippen LogP contribution < -0.4 is 0 Å². The lowest BCUT2D eigenvalue weighted by Gasteiger charge is -2.13. The lowest BCUT2D eigenvalue weighted by atomic mass is 9.93. The predicted octanol–water partition coefficient (Wildman–Crippen LogP) is 6.53. The van der Waals surface area contributed by atoms with E-state index in [2.05, 4.69) is 32.9 Å². The van der Waals surface area contributed by atoms with Gasteiger partial charge < -0.3 is 0 Å². The Balaban J connectivity index is 3.33. The van der Waals surface area contributed by atoms with Crippen LogP contribution in [0.3, 0.4) is 0 Å². The van der Waals surface area contributed by atoms with Gasteiger partial charge in [0.1, 0.15) is 0 Å². The van der Waals surface area contributed by atoms with E-state index in [9.17, 15) is 0 Å². The largest absolute Gasteiger partial charge is 0.0885 e. The molecule has 1 atom stereocenters. The fourth-order valence-electron chi connectivity index (χ4n) is 2.36. The second-order valence-electron chi connectivity index (χ2n) is 5.38. The number of hydrogen-bond donors (Lipinski definition) is 0. The minimum atomic E-state index is 0.942. The molecule has 2 radical (unpaired) electrons.